The molecule has 2 rings (SSSR count). The third kappa shape index (κ3) is 2.70. The van der Waals surface area contributed by atoms with Crippen molar-refractivity contribution in [1.29, 1.82) is 0 Å². The number of benzene rings is 2. The van der Waals surface area contributed by atoms with Crippen molar-refractivity contribution in [3.05, 3.63) is 52.5 Å². The van der Waals surface area contributed by atoms with Crippen molar-refractivity contribution in [2.75, 3.05) is 7.11 Å². The quantitative estimate of drug-likeness (QED) is 0.797. The molecule has 0 radical (unpaired) electrons. The molecule has 0 heterocycles. The largest absolute Gasteiger partial charge is 0.497 e. The third-order valence-corrected chi connectivity index (χ3v) is 3.34. The van der Waals surface area contributed by atoms with Crippen LogP contribution in [-0.2, 0) is 6.42 Å². The highest BCUT2D eigenvalue weighted by Gasteiger charge is 2.04. The number of halogens is 1. The maximum Gasteiger partial charge on any atom is 0.118 e. The van der Waals surface area contributed by atoms with Crippen LogP contribution < -0.4 is 4.74 Å². The van der Waals surface area contributed by atoms with Crippen LogP contribution in [0.3, 0.4) is 0 Å². The van der Waals surface area contributed by atoms with Gasteiger partial charge in [-0.3, -0.25) is 0 Å². The predicted molar refractivity (Wildman–Crippen MR) is 75.5 cm³/mol. The summed E-state index contributed by atoms with van der Waals surface area (Å²) in [6.07, 6.45) is 1.03. The van der Waals surface area contributed by atoms with Gasteiger partial charge < -0.3 is 4.74 Å². The Morgan fingerprint density at radius 1 is 1.06 bits per heavy atom. The van der Waals surface area contributed by atoms with Crippen molar-refractivity contribution in [2.45, 2.75) is 13.3 Å². The predicted octanol–water partition coefficient (Wildman–Crippen LogP) is 4.69. The van der Waals surface area contributed by atoms with Gasteiger partial charge in [-0.2, -0.15) is 0 Å². The average Bonchev–Trinajstić information content (AvgIpc) is 2.39. The van der Waals surface area contributed by atoms with E-state index in [1.807, 2.05) is 12.1 Å². The molecule has 88 valence electrons. The van der Waals surface area contributed by atoms with Crippen molar-refractivity contribution in [3.8, 4) is 16.9 Å². The summed E-state index contributed by atoms with van der Waals surface area (Å²) in [5.74, 6) is 0.893. The minimum atomic E-state index is 0.893. The van der Waals surface area contributed by atoms with Crippen LogP contribution in [0.25, 0.3) is 11.1 Å². The van der Waals surface area contributed by atoms with E-state index in [-0.39, 0.29) is 0 Å². The lowest BCUT2D eigenvalue weighted by Crippen LogP contribution is -1.88. The smallest absolute Gasteiger partial charge is 0.118 e. The van der Waals surface area contributed by atoms with Gasteiger partial charge in [-0.25, -0.2) is 0 Å². The zero-order valence-corrected chi connectivity index (χ0v) is 11.6. The van der Waals surface area contributed by atoms with Crippen LogP contribution in [-0.4, -0.2) is 7.11 Å². The van der Waals surface area contributed by atoms with Gasteiger partial charge >= 0.3 is 0 Å². The van der Waals surface area contributed by atoms with E-state index >= 15 is 0 Å². The van der Waals surface area contributed by atoms with Gasteiger partial charge in [-0.15, -0.1) is 0 Å². The Labute approximate surface area is 111 Å². The molecule has 17 heavy (non-hydrogen) atoms. The molecule has 0 aliphatic heterocycles. The standard InChI is InChI=1S/C15H15BrO/c1-3-11-10-13(16)6-9-15(11)12-4-7-14(17-2)8-5-12/h4-10H,3H2,1-2H3. The van der Waals surface area contributed by atoms with Crippen LogP contribution in [0.4, 0.5) is 0 Å². The van der Waals surface area contributed by atoms with E-state index < -0.39 is 0 Å². The average molecular weight is 291 g/mol. The summed E-state index contributed by atoms with van der Waals surface area (Å²) in [4.78, 5) is 0. The zero-order valence-electron chi connectivity index (χ0n) is 10.0. The molecule has 0 amide bonds. The Hall–Kier alpha value is -1.28. The van der Waals surface area contributed by atoms with Crippen LogP contribution in [0.15, 0.2) is 46.9 Å². The van der Waals surface area contributed by atoms with E-state index in [9.17, 15) is 0 Å². The monoisotopic (exact) mass is 290 g/mol. The first kappa shape index (κ1) is 12.2. The SMILES string of the molecule is CCc1cc(Br)ccc1-c1ccc(OC)cc1. The highest BCUT2D eigenvalue weighted by Crippen LogP contribution is 2.28. The second-order valence-corrected chi connectivity index (χ2v) is 4.80. The fraction of sp³-hybridized carbons (Fsp3) is 0.200. The molecule has 2 aromatic carbocycles. The lowest BCUT2D eigenvalue weighted by atomic mass is 9.98. The van der Waals surface area contributed by atoms with Crippen molar-refractivity contribution < 1.29 is 4.74 Å². The molecule has 0 spiro atoms. The Morgan fingerprint density at radius 2 is 1.76 bits per heavy atom. The third-order valence-electron chi connectivity index (χ3n) is 2.85. The first-order chi connectivity index (χ1) is 8.24. The molecule has 0 saturated heterocycles. The summed E-state index contributed by atoms with van der Waals surface area (Å²) in [5.41, 5.74) is 3.87. The normalized spacial score (nSPS) is 10.3. The molecule has 0 aromatic heterocycles. The zero-order chi connectivity index (χ0) is 12.3. The molecule has 0 aliphatic rings. The number of hydrogen-bond acceptors (Lipinski definition) is 1. The second kappa shape index (κ2) is 5.37. The molecule has 0 N–H and O–H groups in total. The van der Waals surface area contributed by atoms with Gasteiger partial charge in [-0.1, -0.05) is 41.1 Å². The summed E-state index contributed by atoms with van der Waals surface area (Å²) in [7, 11) is 1.69. The minimum Gasteiger partial charge on any atom is -0.497 e. The topological polar surface area (TPSA) is 9.23 Å². The Bertz CT molecular complexity index is 503. The van der Waals surface area contributed by atoms with Crippen LogP contribution in [0, 0.1) is 0 Å². The molecule has 2 heteroatoms. The van der Waals surface area contributed by atoms with Crippen molar-refractivity contribution in [3.63, 3.8) is 0 Å². The molecule has 0 fully saturated rings. The molecular formula is C15H15BrO. The Kier molecular flexibility index (Phi) is 3.85. The molecule has 0 unspecified atom stereocenters. The molecular weight excluding hydrogens is 276 g/mol. The number of methoxy groups -OCH3 is 1. The lowest BCUT2D eigenvalue weighted by Gasteiger charge is -2.09. The summed E-state index contributed by atoms with van der Waals surface area (Å²) in [5, 5.41) is 0. The highest BCUT2D eigenvalue weighted by atomic mass is 79.9. The van der Waals surface area contributed by atoms with E-state index in [1.165, 1.54) is 16.7 Å². The summed E-state index contributed by atoms with van der Waals surface area (Å²) >= 11 is 3.51. The van der Waals surface area contributed by atoms with Gasteiger partial charge in [0.15, 0.2) is 0 Å². The molecule has 1 nitrogen and oxygen atoms in total. The van der Waals surface area contributed by atoms with Gasteiger partial charge in [0.25, 0.3) is 0 Å². The number of aryl methyl sites for hydroxylation is 1. The molecule has 0 saturated carbocycles. The Balaban J connectivity index is 2.44. The van der Waals surface area contributed by atoms with E-state index in [1.54, 1.807) is 7.11 Å². The van der Waals surface area contributed by atoms with Crippen LogP contribution in [0.2, 0.25) is 0 Å². The van der Waals surface area contributed by atoms with Crippen LogP contribution >= 0.6 is 15.9 Å². The van der Waals surface area contributed by atoms with Crippen LogP contribution in [0.1, 0.15) is 12.5 Å². The first-order valence-electron chi connectivity index (χ1n) is 5.67. The van der Waals surface area contributed by atoms with E-state index in [0.29, 0.717) is 0 Å². The maximum atomic E-state index is 5.17. The van der Waals surface area contributed by atoms with Gasteiger partial charge in [0, 0.05) is 4.47 Å². The maximum absolute atomic E-state index is 5.17. The van der Waals surface area contributed by atoms with Crippen LogP contribution in [0.5, 0.6) is 5.75 Å². The molecule has 2 aromatic rings. The van der Waals surface area contributed by atoms with Gasteiger partial charge in [-0.05, 0) is 47.4 Å². The van der Waals surface area contributed by atoms with Crippen molar-refractivity contribution in [2.24, 2.45) is 0 Å². The van der Waals surface area contributed by atoms with E-state index in [2.05, 4.69) is 53.2 Å². The lowest BCUT2D eigenvalue weighted by molar-refractivity contribution is 0.415. The Morgan fingerprint density at radius 3 is 2.35 bits per heavy atom. The molecule has 0 bridgehead atoms. The molecule has 0 atom stereocenters. The van der Waals surface area contributed by atoms with E-state index in [0.717, 1.165) is 16.6 Å². The minimum absolute atomic E-state index is 0.893. The fourth-order valence-electron chi connectivity index (χ4n) is 1.91. The van der Waals surface area contributed by atoms with Gasteiger partial charge in [0.2, 0.25) is 0 Å². The summed E-state index contributed by atoms with van der Waals surface area (Å²) < 4.78 is 6.30. The highest BCUT2D eigenvalue weighted by molar-refractivity contribution is 9.10. The second-order valence-electron chi connectivity index (χ2n) is 3.88. The van der Waals surface area contributed by atoms with Crippen molar-refractivity contribution >= 4 is 15.9 Å². The summed E-state index contributed by atoms with van der Waals surface area (Å²) in [6.45, 7) is 2.18. The van der Waals surface area contributed by atoms with Gasteiger partial charge in [0.1, 0.15) is 5.75 Å². The number of rotatable bonds is 3. The number of ether oxygens (including phenoxy) is 1. The first-order valence-corrected chi connectivity index (χ1v) is 6.46. The van der Waals surface area contributed by atoms with Crippen molar-refractivity contribution in [1.82, 2.24) is 0 Å². The number of hydrogen-bond donors (Lipinski definition) is 0. The van der Waals surface area contributed by atoms with Gasteiger partial charge in [0.05, 0.1) is 7.11 Å². The van der Waals surface area contributed by atoms with E-state index in [4.69, 9.17) is 4.74 Å². The molecule has 0 aliphatic carbocycles. The fourth-order valence-corrected chi connectivity index (χ4v) is 2.32. The summed E-state index contributed by atoms with van der Waals surface area (Å²) in [6, 6.07) is 14.6.